The van der Waals surface area contributed by atoms with Crippen molar-refractivity contribution in [3.63, 3.8) is 0 Å². The Morgan fingerprint density at radius 2 is 1.96 bits per heavy atom. The summed E-state index contributed by atoms with van der Waals surface area (Å²) in [6.07, 6.45) is -3.52. The van der Waals surface area contributed by atoms with Crippen molar-refractivity contribution in [2.75, 3.05) is 7.11 Å². The molecule has 2 aromatic rings. The van der Waals surface area contributed by atoms with Gasteiger partial charge in [-0.25, -0.2) is 0 Å². The Balaban J connectivity index is 2.02. The Bertz CT molecular complexity index is 903. The number of aromatic hydroxyl groups is 1. The molecular weight excluding hydrogens is 405 g/mol. The molecule has 1 heterocycles. The second kappa shape index (κ2) is 6.11. The van der Waals surface area contributed by atoms with Crippen LogP contribution in [0.5, 0.6) is 17.2 Å². The number of phenols is 1. The number of benzene rings is 2. The maximum atomic E-state index is 12.9. The lowest BCUT2D eigenvalue weighted by Crippen LogP contribution is -2.05. The average Bonchev–Trinajstić information content (AvgIpc) is 2.86. The zero-order valence-corrected chi connectivity index (χ0v) is 14.2. The normalized spacial score (nSPS) is 15.2. The second-order valence-electron chi connectivity index (χ2n) is 5.17. The molecule has 1 aliphatic heterocycles. The molecule has 25 heavy (non-hydrogen) atoms. The standard InChI is InChI=1S/C17H10BrF3O4/c1-24-12-5-3-9-15(23)13(25-16(9)14(12)18)7-8-2-4-11(22)10(6-8)17(19,20)21/h2-7,22H,1H3/b13-7-. The van der Waals surface area contributed by atoms with E-state index < -0.39 is 23.3 Å². The van der Waals surface area contributed by atoms with Gasteiger partial charge < -0.3 is 14.6 Å². The van der Waals surface area contributed by atoms with Crippen molar-refractivity contribution < 1.29 is 32.5 Å². The molecule has 0 atom stereocenters. The molecule has 2 aromatic carbocycles. The molecule has 1 N–H and O–H groups in total. The summed E-state index contributed by atoms with van der Waals surface area (Å²) in [6.45, 7) is 0. The first-order chi connectivity index (χ1) is 11.7. The van der Waals surface area contributed by atoms with Crippen LogP contribution in [0.15, 0.2) is 40.6 Å². The molecule has 0 saturated carbocycles. The Morgan fingerprint density at radius 3 is 2.60 bits per heavy atom. The van der Waals surface area contributed by atoms with E-state index in [2.05, 4.69) is 15.9 Å². The number of fused-ring (bicyclic) bond motifs is 1. The van der Waals surface area contributed by atoms with Crippen LogP contribution >= 0.6 is 15.9 Å². The van der Waals surface area contributed by atoms with Crippen molar-refractivity contribution in [3.05, 3.63) is 57.3 Å². The molecule has 0 radical (unpaired) electrons. The molecule has 0 fully saturated rings. The second-order valence-corrected chi connectivity index (χ2v) is 5.97. The van der Waals surface area contributed by atoms with E-state index in [0.29, 0.717) is 10.2 Å². The van der Waals surface area contributed by atoms with Gasteiger partial charge in [0.15, 0.2) is 11.5 Å². The summed E-state index contributed by atoms with van der Waals surface area (Å²) in [5, 5.41) is 9.36. The van der Waals surface area contributed by atoms with E-state index >= 15 is 0 Å². The number of rotatable bonds is 2. The monoisotopic (exact) mass is 414 g/mol. The van der Waals surface area contributed by atoms with E-state index in [1.807, 2.05) is 0 Å². The van der Waals surface area contributed by atoms with Crippen LogP contribution in [-0.2, 0) is 6.18 Å². The number of alkyl halides is 3. The number of hydrogen-bond donors (Lipinski definition) is 1. The van der Waals surface area contributed by atoms with Crippen LogP contribution in [0.3, 0.4) is 0 Å². The lowest BCUT2D eigenvalue weighted by Gasteiger charge is -2.09. The van der Waals surface area contributed by atoms with Gasteiger partial charge in [0.2, 0.25) is 5.78 Å². The molecular formula is C17H10BrF3O4. The highest BCUT2D eigenvalue weighted by atomic mass is 79.9. The van der Waals surface area contributed by atoms with Gasteiger partial charge >= 0.3 is 6.18 Å². The number of ether oxygens (including phenoxy) is 2. The zero-order chi connectivity index (χ0) is 18.4. The Labute approximate surface area is 148 Å². The highest BCUT2D eigenvalue weighted by molar-refractivity contribution is 9.10. The number of hydrogen-bond acceptors (Lipinski definition) is 4. The SMILES string of the molecule is COc1ccc2c(c1Br)O/C(=C\c1ccc(O)c(C(F)(F)F)c1)C2=O. The van der Waals surface area contributed by atoms with Crippen molar-refractivity contribution in [1.82, 2.24) is 0 Å². The van der Waals surface area contributed by atoms with Gasteiger partial charge in [-0.2, -0.15) is 13.2 Å². The van der Waals surface area contributed by atoms with Crippen molar-refractivity contribution in [1.29, 1.82) is 0 Å². The van der Waals surface area contributed by atoms with Gasteiger partial charge in [0.25, 0.3) is 0 Å². The maximum absolute atomic E-state index is 12.9. The minimum absolute atomic E-state index is 0.0735. The van der Waals surface area contributed by atoms with Gasteiger partial charge in [-0.1, -0.05) is 6.07 Å². The van der Waals surface area contributed by atoms with Gasteiger partial charge in [-0.15, -0.1) is 0 Å². The summed E-state index contributed by atoms with van der Waals surface area (Å²) < 4.78 is 49.7. The highest BCUT2D eigenvalue weighted by Crippen LogP contribution is 2.43. The van der Waals surface area contributed by atoms with Gasteiger partial charge in [0.1, 0.15) is 16.0 Å². The van der Waals surface area contributed by atoms with E-state index in [0.717, 1.165) is 12.1 Å². The number of carbonyl (C=O) groups excluding carboxylic acids is 1. The van der Waals surface area contributed by atoms with Crippen LogP contribution in [0.4, 0.5) is 13.2 Å². The number of halogens is 4. The minimum Gasteiger partial charge on any atom is -0.507 e. The van der Waals surface area contributed by atoms with Gasteiger partial charge in [-0.05, 0) is 51.8 Å². The van der Waals surface area contributed by atoms with Gasteiger partial charge in [0.05, 0.1) is 18.2 Å². The molecule has 130 valence electrons. The Kier molecular flexibility index (Phi) is 4.24. The lowest BCUT2D eigenvalue weighted by molar-refractivity contribution is -0.138. The van der Waals surface area contributed by atoms with Crippen LogP contribution in [0.25, 0.3) is 6.08 Å². The molecule has 0 amide bonds. The summed E-state index contributed by atoms with van der Waals surface area (Å²) in [4.78, 5) is 12.4. The summed E-state index contributed by atoms with van der Waals surface area (Å²) in [7, 11) is 1.45. The largest absolute Gasteiger partial charge is 0.507 e. The maximum Gasteiger partial charge on any atom is 0.419 e. The lowest BCUT2D eigenvalue weighted by atomic mass is 10.1. The number of methoxy groups -OCH3 is 1. The highest BCUT2D eigenvalue weighted by Gasteiger charge is 2.34. The third kappa shape index (κ3) is 3.09. The predicted octanol–water partition coefficient (Wildman–Crippen LogP) is 4.80. The quantitative estimate of drug-likeness (QED) is 0.717. The van der Waals surface area contributed by atoms with Crippen LogP contribution < -0.4 is 9.47 Å². The zero-order valence-electron chi connectivity index (χ0n) is 12.6. The van der Waals surface area contributed by atoms with Gasteiger partial charge in [0, 0.05) is 0 Å². The van der Waals surface area contributed by atoms with Crippen LogP contribution in [0.2, 0.25) is 0 Å². The van der Waals surface area contributed by atoms with Crippen LogP contribution in [0.1, 0.15) is 21.5 Å². The van der Waals surface area contributed by atoms with E-state index in [1.54, 1.807) is 6.07 Å². The molecule has 3 rings (SSSR count). The Morgan fingerprint density at radius 1 is 1.24 bits per heavy atom. The summed E-state index contributed by atoms with van der Waals surface area (Å²) in [5.41, 5.74) is -0.842. The minimum atomic E-state index is -4.71. The first-order valence-corrected chi connectivity index (χ1v) is 7.72. The van der Waals surface area contributed by atoms with E-state index in [-0.39, 0.29) is 22.6 Å². The van der Waals surface area contributed by atoms with E-state index in [9.17, 15) is 23.1 Å². The van der Waals surface area contributed by atoms with Crippen molar-refractivity contribution in [2.24, 2.45) is 0 Å². The number of ketones is 1. The van der Waals surface area contributed by atoms with Gasteiger partial charge in [-0.3, -0.25) is 4.79 Å². The fourth-order valence-electron chi connectivity index (χ4n) is 2.38. The molecule has 0 bridgehead atoms. The summed E-state index contributed by atoms with van der Waals surface area (Å²) in [5.74, 6) is -0.769. The predicted molar refractivity (Wildman–Crippen MR) is 86.7 cm³/mol. The van der Waals surface area contributed by atoms with E-state index in [4.69, 9.17) is 9.47 Å². The molecule has 0 spiro atoms. The molecule has 4 nitrogen and oxygen atoms in total. The number of phenolic OH excluding ortho intramolecular Hbond substituents is 1. The molecule has 0 aromatic heterocycles. The van der Waals surface area contributed by atoms with Crippen molar-refractivity contribution >= 4 is 27.8 Å². The number of carbonyl (C=O) groups is 1. The van der Waals surface area contributed by atoms with Crippen molar-refractivity contribution in [2.45, 2.75) is 6.18 Å². The van der Waals surface area contributed by atoms with E-state index in [1.165, 1.54) is 25.3 Å². The first kappa shape index (κ1) is 17.3. The number of Topliss-reactive ketones (excluding diaryl/α,β-unsaturated/α-hetero) is 1. The smallest absolute Gasteiger partial charge is 0.419 e. The molecule has 1 aliphatic rings. The Hall–Kier alpha value is -2.48. The van der Waals surface area contributed by atoms with Crippen molar-refractivity contribution in [3.8, 4) is 17.2 Å². The van der Waals surface area contributed by atoms with Crippen LogP contribution in [0, 0.1) is 0 Å². The van der Waals surface area contributed by atoms with Crippen LogP contribution in [-0.4, -0.2) is 18.0 Å². The fraction of sp³-hybridized carbons (Fsp3) is 0.118. The molecule has 0 aliphatic carbocycles. The third-order valence-electron chi connectivity index (χ3n) is 3.59. The summed E-state index contributed by atoms with van der Waals surface area (Å²) >= 11 is 3.27. The fourth-order valence-corrected chi connectivity index (χ4v) is 2.97. The third-order valence-corrected chi connectivity index (χ3v) is 4.34. The average molecular weight is 415 g/mol. The number of allylic oxidation sites excluding steroid dienone is 1. The molecule has 8 heteroatoms. The summed E-state index contributed by atoms with van der Waals surface area (Å²) in [6, 6.07) is 6.01. The molecule has 0 unspecified atom stereocenters. The molecule has 0 saturated heterocycles. The first-order valence-electron chi connectivity index (χ1n) is 6.93. The topological polar surface area (TPSA) is 55.8 Å².